The van der Waals surface area contributed by atoms with E-state index in [-0.39, 0.29) is 23.2 Å². The molecule has 10 heteroatoms. The van der Waals surface area contributed by atoms with E-state index >= 15 is 0 Å². The molecule has 1 amide bonds. The van der Waals surface area contributed by atoms with Crippen molar-refractivity contribution >= 4 is 38.3 Å². The molecule has 1 unspecified atom stereocenters. The van der Waals surface area contributed by atoms with Gasteiger partial charge in [-0.2, -0.15) is 4.72 Å². The van der Waals surface area contributed by atoms with Gasteiger partial charge >= 0.3 is 0 Å². The lowest BCUT2D eigenvalue weighted by molar-refractivity contribution is -0.132. The van der Waals surface area contributed by atoms with E-state index in [1.54, 1.807) is 23.1 Å². The number of hydrogen-bond donors (Lipinski definition) is 3. The maximum atomic E-state index is 13.4. The molecular weight excluding hydrogens is 428 g/mol. The second-order valence-corrected chi connectivity index (χ2v) is 9.34. The molecule has 5 N–H and O–H groups in total. The van der Waals surface area contributed by atoms with Crippen molar-refractivity contribution in [1.29, 1.82) is 0 Å². The zero-order valence-corrected chi connectivity index (χ0v) is 20.0. The van der Waals surface area contributed by atoms with Crippen LogP contribution in [0.25, 0.3) is 10.8 Å². The van der Waals surface area contributed by atoms with Crippen LogP contribution < -0.4 is 21.1 Å². The smallest absolute Gasteiger partial charge is 0.241 e. The van der Waals surface area contributed by atoms with Crippen LogP contribution in [0.4, 0.5) is 5.69 Å². The Hall–Kier alpha value is -2.85. The van der Waals surface area contributed by atoms with Gasteiger partial charge in [0.05, 0.1) is 4.90 Å². The third kappa shape index (κ3) is 6.10. The van der Waals surface area contributed by atoms with Gasteiger partial charge in [0.1, 0.15) is 6.04 Å². The van der Waals surface area contributed by atoms with E-state index in [0.29, 0.717) is 31.4 Å². The Morgan fingerprint density at radius 2 is 1.69 bits per heavy atom. The summed E-state index contributed by atoms with van der Waals surface area (Å²) in [4.78, 5) is 20.7. The Morgan fingerprint density at radius 3 is 2.28 bits per heavy atom. The van der Waals surface area contributed by atoms with Gasteiger partial charge in [-0.15, -0.1) is 0 Å². The third-order valence-electron chi connectivity index (χ3n) is 5.25. The fourth-order valence-electron chi connectivity index (χ4n) is 3.63. The fourth-order valence-corrected chi connectivity index (χ4v) is 5.08. The normalized spacial score (nSPS) is 12.4. The number of amides is 1. The number of rotatable bonds is 11. The summed E-state index contributed by atoms with van der Waals surface area (Å²) in [5, 5.41) is 1.42. The van der Waals surface area contributed by atoms with Crippen molar-refractivity contribution in [3.05, 3.63) is 36.4 Å². The van der Waals surface area contributed by atoms with Crippen molar-refractivity contribution in [2.24, 2.45) is 16.5 Å². The lowest BCUT2D eigenvalue weighted by atomic mass is 10.1. The van der Waals surface area contributed by atoms with Crippen LogP contribution >= 0.6 is 0 Å². The summed E-state index contributed by atoms with van der Waals surface area (Å²) < 4.78 is 29.5. The number of benzene rings is 2. The number of anilines is 1. The van der Waals surface area contributed by atoms with Crippen LogP contribution in [0.2, 0.25) is 0 Å². The molecule has 0 aliphatic heterocycles. The van der Waals surface area contributed by atoms with E-state index in [1.165, 1.54) is 0 Å². The predicted molar refractivity (Wildman–Crippen MR) is 130 cm³/mol. The SMILES string of the molecule is CCN(CC)C(=O)C(CCCN=C(N)N)NS(=O)(=O)c1cccc2c(N(C)C)cccc12. The number of aliphatic imine (C=N–C) groups is 1. The maximum absolute atomic E-state index is 13.4. The van der Waals surface area contributed by atoms with Crippen molar-refractivity contribution in [3.8, 4) is 0 Å². The number of guanidine groups is 1. The van der Waals surface area contributed by atoms with Gasteiger partial charge in [-0.05, 0) is 38.8 Å². The lowest BCUT2D eigenvalue weighted by Gasteiger charge is -2.26. The van der Waals surface area contributed by atoms with Crippen LogP contribution in [0.1, 0.15) is 26.7 Å². The first-order valence-electron chi connectivity index (χ1n) is 10.7. The lowest BCUT2D eigenvalue weighted by Crippen LogP contribution is -2.48. The molecule has 2 aromatic carbocycles. The van der Waals surface area contributed by atoms with Crippen LogP contribution in [0.5, 0.6) is 0 Å². The minimum absolute atomic E-state index is 0.0374. The van der Waals surface area contributed by atoms with Gasteiger partial charge in [0, 0.05) is 50.2 Å². The molecule has 1 atom stereocenters. The Bertz CT molecular complexity index is 1060. The molecule has 0 aliphatic carbocycles. The van der Waals surface area contributed by atoms with Gasteiger partial charge in [-0.1, -0.05) is 24.3 Å². The first-order valence-corrected chi connectivity index (χ1v) is 12.2. The second kappa shape index (κ2) is 11.1. The van der Waals surface area contributed by atoms with Crippen molar-refractivity contribution in [3.63, 3.8) is 0 Å². The summed E-state index contributed by atoms with van der Waals surface area (Å²) in [7, 11) is -0.166. The van der Waals surface area contributed by atoms with Crippen LogP contribution in [0.3, 0.4) is 0 Å². The summed E-state index contributed by atoms with van der Waals surface area (Å²) in [6.07, 6.45) is 0.734. The Balaban J connectivity index is 2.42. The average Bonchev–Trinajstić information content (AvgIpc) is 2.75. The number of nitrogens with two attached hydrogens (primary N) is 2. The Labute approximate surface area is 190 Å². The van der Waals surface area contributed by atoms with Gasteiger partial charge in [0.15, 0.2) is 5.96 Å². The van der Waals surface area contributed by atoms with Crippen molar-refractivity contribution in [2.45, 2.75) is 37.6 Å². The van der Waals surface area contributed by atoms with E-state index in [9.17, 15) is 13.2 Å². The fraction of sp³-hybridized carbons (Fsp3) is 0.455. The van der Waals surface area contributed by atoms with Gasteiger partial charge in [-0.3, -0.25) is 9.79 Å². The minimum atomic E-state index is -3.98. The molecule has 2 rings (SSSR count). The molecule has 0 aromatic heterocycles. The second-order valence-electron chi connectivity index (χ2n) is 7.66. The first kappa shape index (κ1) is 25.4. The van der Waals surface area contributed by atoms with E-state index in [0.717, 1.165) is 11.1 Å². The molecule has 0 bridgehead atoms. The van der Waals surface area contributed by atoms with Crippen molar-refractivity contribution in [1.82, 2.24) is 9.62 Å². The number of sulfonamides is 1. The van der Waals surface area contributed by atoms with Gasteiger partial charge in [0.2, 0.25) is 15.9 Å². The van der Waals surface area contributed by atoms with Crippen molar-refractivity contribution < 1.29 is 13.2 Å². The summed E-state index contributed by atoms with van der Waals surface area (Å²) in [5.41, 5.74) is 11.6. The minimum Gasteiger partial charge on any atom is -0.377 e. The molecule has 0 heterocycles. The largest absolute Gasteiger partial charge is 0.377 e. The average molecular weight is 463 g/mol. The number of carbonyl (C=O) groups is 1. The zero-order valence-electron chi connectivity index (χ0n) is 19.2. The first-order chi connectivity index (χ1) is 15.1. The summed E-state index contributed by atoms with van der Waals surface area (Å²) in [6, 6.07) is 9.77. The highest BCUT2D eigenvalue weighted by Crippen LogP contribution is 2.30. The molecule has 0 spiro atoms. The highest BCUT2D eigenvalue weighted by molar-refractivity contribution is 7.89. The zero-order chi connectivity index (χ0) is 23.9. The molecule has 0 aliphatic rings. The number of hydrogen-bond acceptors (Lipinski definition) is 5. The molecule has 0 saturated heterocycles. The number of carbonyl (C=O) groups excluding carboxylic acids is 1. The van der Waals surface area contributed by atoms with Crippen molar-refractivity contribution in [2.75, 3.05) is 38.6 Å². The summed E-state index contributed by atoms with van der Waals surface area (Å²) in [6.45, 7) is 5.01. The standard InChI is InChI=1S/C22H34N6O3S/c1-5-28(6-2)21(29)18(12-9-15-25-22(23)24)26-32(30,31)20-14-8-10-16-17(20)11-7-13-19(16)27(3)4/h7-8,10-11,13-14,18,26H,5-6,9,12,15H2,1-4H3,(H4,23,24,25). The van der Waals surface area contributed by atoms with Gasteiger partial charge in [0.25, 0.3) is 0 Å². The van der Waals surface area contributed by atoms with E-state index < -0.39 is 16.1 Å². The molecule has 0 fully saturated rings. The molecular formula is C22H34N6O3S. The topological polar surface area (TPSA) is 134 Å². The summed E-state index contributed by atoms with van der Waals surface area (Å²) in [5.74, 6) is -0.304. The highest BCUT2D eigenvalue weighted by atomic mass is 32.2. The summed E-state index contributed by atoms with van der Waals surface area (Å²) >= 11 is 0. The number of nitrogens with zero attached hydrogens (tertiary/aromatic N) is 3. The molecule has 9 nitrogen and oxygen atoms in total. The maximum Gasteiger partial charge on any atom is 0.241 e. The molecule has 2 aromatic rings. The predicted octanol–water partition coefficient (Wildman–Crippen LogP) is 1.47. The van der Waals surface area contributed by atoms with E-state index in [4.69, 9.17) is 11.5 Å². The van der Waals surface area contributed by atoms with Gasteiger partial charge < -0.3 is 21.3 Å². The highest BCUT2D eigenvalue weighted by Gasteiger charge is 2.29. The number of fused-ring (bicyclic) bond motifs is 1. The molecule has 0 radical (unpaired) electrons. The van der Waals surface area contributed by atoms with Crippen LogP contribution in [-0.2, 0) is 14.8 Å². The van der Waals surface area contributed by atoms with Crippen LogP contribution in [0, 0.1) is 0 Å². The Kier molecular flexibility index (Phi) is 8.85. The van der Waals surface area contributed by atoms with Gasteiger partial charge in [-0.25, -0.2) is 8.42 Å². The van der Waals surface area contributed by atoms with E-state index in [1.807, 2.05) is 51.0 Å². The number of nitrogens with one attached hydrogen (secondary N) is 1. The molecule has 0 saturated carbocycles. The monoisotopic (exact) mass is 462 g/mol. The molecule has 32 heavy (non-hydrogen) atoms. The van der Waals surface area contributed by atoms with Crippen LogP contribution in [-0.4, -0.2) is 65.0 Å². The number of likely N-dealkylation sites (N-methyl/N-ethyl adjacent to an activating group) is 1. The van der Waals surface area contributed by atoms with E-state index in [2.05, 4.69) is 9.71 Å². The Morgan fingerprint density at radius 1 is 1.06 bits per heavy atom. The molecule has 176 valence electrons. The van der Waals surface area contributed by atoms with Crippen LogP contribution in [0.15, 0.2) is 46.3 Å². The third-order valence-corrected chi connectivity index (χ3v) is 6.78. The quantitative estimate of drug-likeness (QED) is 0.263.